The first-order valence-corrected chi connectivity index (χ1v) is 9.76. The zero-order valence-electron chi connectivity index (χ0n) is 17.4. The molecule has 4 rings (SSSR count). The van der Waals surface area contributed by atoms with Crippen molar-refractivity contribution in [2.45, 2.75) is 12.6 Å². The van der Waals surface area contributed by atoms with Crippen LogP contribution in [0.1, 0.15) is 22.9 Å². The van der Waals surface area contributed by atoms with E-state index in [0.29, 0.717) is 22.6 Å². The Balaban J connectivity index is 1.87. The molecule has 32 heavy (non-hydrogen) atoms. The number of furan rings is 1. The Morgan fingerprint density at radius 2 is 1.81 bits per heavy atom. The van der Waals surface area contributed by atoms with Crippen LogP contribution in [0.3, 0.4) is 0 Å². The third kappa shape index (κ3) is 3.66. The van der Waals surface area contributed by atoms with E-state index in [2.05, 4.69) is 0 Å². The molecular formula is C24H21NO7. The maximum Gasteiger partial charge on any atom is 0.296 e. The van der Waals surface area contributed by atoms with Crippen molar-refractivity contribution in [2.75, 3.05) is 14.2 Å². The lowest BCUT2D eigenvalue weighted by atomic mass is 9.95. The number of aliphatic hydroxyl groups is 1. The Bertz CT molecular complexity index is 1180. The van der Waals surface area contributed by atoms with E-state index in [-0.39, 0.29) is 29.4 Å². The topological polar surface area (TPSA) is 109 Å². The average Bonchev–Trinajstić information content (AvgIpc) is 3.41. The zero-order valence-corrected chi connectivity index (χ0v) is 17.4. The summed E-state index contributed by atoms with van der Waals surface area (Å²) < 4.78 is 15.7. The van der Waals surface area contributed by atoms with Gasteiger partial charge in [-0.2, -0.15) is 0 Å². The number of ketones is 1. The van der Waals surface area contributed by atoms with Crippen LogP contribution in [-0.4, -0.2) is 41.0 Å². The predicted octanol–water partition coefficient (Wildman–Crippen LogP) is 3.62. The summed E-state index contributed by atoms with van der Waals surface area (Å²) in [6.07, 6.45) is 1.47. The van der Waals surface area contributed by atoms with E-state index in [1.54, 1.807) is 42.5 Å². The normalized spacial score (nSPS) is 17.6. The molecule has 1 atom stereocenters. The van der Waals surface area contributed by atoms with Gasteiger partial charge in [-0.3, -0.25) is 9.59 Å². The number of benzene rings is 2. The van der Waals surface area contributed by atoms with Gasteiger partial charge < -0.3 is 29.0 Å². The van der Waals surface area contributed by atoms with Crippen LogP contribution in [0.5, 0.6) is 17.2 Å². The number of aromatic hydroxyl groups is 1. The molecule has 8 nitrogen and oxygen atoms in total. The third-order valence-electron chi connectivity index (χ3n) is 5.33. The van der Waals surface area contributed by atoms with Crippen LogP contribution in [0.2, 0.25) is 0 Å². The number of amides is 1. The SMILES string of the molecule is COc1ccc(/C(O)=C2\C(=O)C(=O)N(Cc3ccco3)[C@@H]2c2ccc(O)c(OC)c2)cc1. The highest BCUT2D eigenvalue weighted by atomic mass is 16.5. The highest BCUT2D eigenvalue weighted by molar-refractivity contribution is 6.46. The molecule has 0 spiro atoms. The molecule has 1 aliphatic heterocycles. The number of nitrogens with zero attached hydrogens (tertiary/aromatic N) is 1. The Morgan fingerprint density at radius 3 is 2.44 bits per heavy atom. The summed E-state index contributed by atoms with van der Waals surface area (Å²) in [4.78, 5) is 27.3. The van der Waals surface area contributed by atoms with Crippen LogP contribution < -0.4 is 9.47 Å². The largest absolute Gasteiger partial charge is 0.507 e. The number of Topliss-reactive ketones (excluding diaryl/α,β-unsaturated/α-hetero) is 1. The van der Waals surface area contributed by atoms with E-state index in [1.807, 2.05) is 0 Å². The van der Waals surface area contributed by atoms with Gasteiger partial charge in [0.15, 0.2) is 11.5 Å². The molecule has 3 aromatic rings. The third-order valence-corrected chi connectivity index (χ3v) is 5.33. The number of carbonyl (C=O) groups is 2. The smallest absolute Gasteiger partial charge is 0.296 e. The van der Waals surface area contributed by atoms with Crippen molar-refractivity contribution in [2.24, 2.45) is 0 Å². The number of likely N-dealkylation sites (tertiary alicyclic amines) is 1. The van der Waals surface area contributed by atoms with Gasteiger partial charge in [-0.15, -0.1) is 0 Å². The van der Waals surface area contributed by atoms with Crippen LogP contribution in [0, 0.1) is 0 Å². The minimum absolute atomic E-state index is 0.0187. The fourth-order valence-electron chi connectivity index (χ4n) is 3.73. The molecule has 2 heterocycles. The molecule has 2 N–H and O–H groups in total. The summed E-state index contributed by atoms with van der Waals surface area (Å²) in [5.41, 5.74) is 0.775. The van der Waals surface area contributed by atoms with Crippen LogP contribution in [-0.2, 0) is 16.1 Å². The van der Waals surface area contributed by atoms with Crippen molar-refractivity contribution in [1.29, 1.82) is 0 Å². The summed E-state index contributed by atoms with van der Waals surface area (Å²) in [5, 5.41) is 21.1. The molecule has 1 aromatic heterocycles. The van der Waals surface area contributed by atoms with E-state index >= 15 is 0 Å². The highest BCUT2D eigenvalue weighted by Crippen LogP contribution is 2.42. The van der Waals surface area contributed by atoms with Crippen LogP contribution in [0.4, 0.5) is 0 Å². The van der Waals surface area contributed by atoms with Gasteiger partial charge >= 0.3 is 0 Å². The Kier molecular flexibility index (Phi) is 5.59. The number of rotatable bonds is 6. The molecule has 0 saturated carbocycles. The minimum Gasteiger partial charge on any atom is -0.507 e. The van der Waals surface area contributed by atoms with Gasteiger partial charge in [0.2, 0.25) is 0 Å². The molecule has 8 heteroatoms. The number of phenolic OH excluding ortho intramolecular Hbond substituents is 1. The zero-order chi connectivity index (χ0) is 22.8. The maximum absolute atomic E-state index is 13.0. The van der Waals surface area contributed by atoms with Crippen molar-refractivity contribution in [3.63, 3.8) is 0 Å². The Morgan fingerprint density at radius 1 is 1.06 bits per heavy atom. The van der Waals surface area contributed by atoms with Gasteiger partial charge in [0.05, 0.1) is 38.6 Å². The van der Waals surface area contributed by atoms with E-state index in [4.69, 9.17) is 13.9 Å². The standard InChI is InChI=1S/C24H21NO7/c1-30-16-8-5-14(6-9-16)22(27)20-21(15-7-10-18(26)19(12-15)31-2)25(24(29)23(20)28)13-17-4-3-11-32-17/h3-12,21,26-27H,13H2,1-2H3/b22-20+/t21-/m1/s1. The monoisotopic (exact) mass is 435 g/mol. The predicted molar refractivity (Wildman–Crippen MR) is 114 cm³/mol. The minimum atomic E-state index is -0.920. The number of aliphatic hydroxyl groups excluding tert-OH is 1. The molecule has 0 unspecified atom stereocenters. The summed E-state index contributed by atoms with van der Waals surface area (Å²) in [6, 6.07) is 13.5. The summed E-state index contributed by atoms with van der Waals surface area (Å²) in [5.74, 6) is -0.753. The van der Waals surface area contributed by atoms with Gasteiger partial charge in [0.1, 0.15) is 17.3 Å². The first-order chi connectivity index (χ1) is 15.4. The molecule has 1 saturated heterocycles. The molecular weight excluding hydrogens is 414 g/mol. The number of phenols is 1. The number of hydrogen-bond donors (Lipinski definition) is 2. The van der Waals surface area contributed by atoms with Crippen molar-refractivity contribution in [3.05, 3.63) is 83.3 Å². The van der Waals surface area contributed by atoms with Gasteiger partial charge in [-0.1, -0.05) is 6.07 Å². The number of hydrogen-bond acceptors (Lipinski definition) is 7. The summed E-state index contributed by atoms with van der Waals surface area (Å²) in [7, 11) is 2.92. The first-order valence-electron chi connectivity index (χ1n) is 9.76. The molecule has 0 aliphatic carbocycles. The van der Waals surface area contributed by atoms with E-state index in [0.717, 1.165) is 0 Å². The van der Waals surface area contributed by atoms with Crippen molar-refractivity contribution in [1.82, 2.24) is 4.90 Å². The molecule has 1 amide bonds. The molecule has 1 aliphatic rings. The van der Waals surface area contributed by atoms with Crippen LogP contribution in [0.15, 0.2) is 70.9 Å². The fourth-order valence-corrected chi connectivity index (χ4v) is 3.73. The lowest BCUT2D eigenvalue weighted by Crippen LogP contribution is -2.29. The fraction of sp³-hybridized carbons (Fsp3) is 0.167. The van der Waals surface area contributed by atoms with Crippen LogP contribution in [0.25, 0.3) is 5.76 Å². The van der Waals surface area contributed by atoms with Gasteiger partial charge in [-0.25, -0.2) is 0 Å². The maximum atomic E-state index is 13.0. The highest BCUT2D eigenvalue weighted by Gasteiger charge is 2.46. The number of methoxy groups -OCH3 is 2. The molecule has 0 radical (unpaired) electrons. The van der Waals surface area contributed by atoms with Crippen molar-refractivity contribution in [3.8, 4) is 17.2 Å². The second kappa shape index (κ2) is 8.50. The van der Waals surface area contributed by atoms with Crippen molar-refractivity contribution >= 4 is 17.4 Å². The molecule has 1 fully saturated rings. The number of ether oxygens (including phenoxy) is 2. The van der Waals surface area contributed by atoms with Gasteiger partial charge in [-0.05, 0) is 54.1 Å². The average molecular weight is 435 g/mol. The van der Waals surface area contributed by atoms with Crippen LogP contribution >= 0.6 is 0 Å². The lowest BCUT2D eigenvalue weighted by Gasteiger charge is -2.25. The lowest BCUT2D eigenvalue weighted by molar-refractivity contribution is -0.140. The Labute approximate surface area is 183 Å². The molecule has 164 valence electrons. The van der Waals surface area contributed by atoms with E-state index in [9.17, 15) is 19.8 Å². The summed E-state index contributed by atoms with van der Waals surface area (Å²) >= 11 is 0. The van der Waals surface area contributed by atoms with E-state index in [1.165, 1.54) is 37.5 Å². The molecule has 2 aromatic carbocycles. The molecule has 0 bridgehead atoms. The van der Waals surface area contributed by atoms with Crippen molar-refractivity contribution < 1.29 is 33.7 Å². The first kappa shape index (κ1) is 21.0. The van der Waals surface area contributed by atoms with Gasteiger partial charge in [0, 0.05) is 5.56 Å². The summed E-state index contributed by atoms with van der Waals surface area (Å²) in [6.45, 7) is 0.0187. The van der Waals surface area contributed by atoms with E-state index < -0.39 is 17.7 Å². The second-order valence-electron chi connectivity index (χ2n) is 7.17. The Hall–Kier alpha value is -4.20. The quantitative estimate of drug-likeness (QED) is 0.346. The van der Waals surface area contributed by atoms with Gasteiger partial charge in [0.25, 0.3) is 11.7 Å². The second-order valence-corrected chi connectivity index (χ2v) is 7.17. The number of carbonyl (C=O) groups excluding carboxylic acids is 2.